The van der Waals surface area contributed by atoms with Crippen LogP contribution < -0.4 is 0 Å². The number of ether oxygens (including phenoxy) is 2. The number of esters is 1. The summed E-state index contributed by atoms with van der Waals surface area (Å²) in [7, 11) is 0. The van der Waals surface area contributed by atoms with Gasteiger partial charge in [0, 0.05) is 35.2 Å². The Kier molecular flexibility index (Phi) is 3.68. The number of hydrogen-bond acceptors (Lipinski definition) is 5. The molecule has 3 aliphatic carbocycles. The predicted molar refractivity (Wildman–Crippen MR) is 106 cm³/mol. The number of carbonyl (C=O) groups excluding carboxylic acids is 3. The van der Waals surface area contributed by atoms with Crippen LogP contribution in [0.15, 0.2) is 11.8 Å². The monoisotopic (exact) mass is 400 g/mol. The normalized spacial score (nSPS) is 50.4. The van der Waals surface area contributed by atoms with E-state index in [-0.39, 0.29) is 45.4 Å². The maximum Gasteiger partial charge on any atom is 0.317 e. The summed E-state index contributed by atoms with van der Waals surface area (Å²) >= 11 is 0. The lowest BCUT2D eigenvalue weighted by Gasteiger charge is -2.66. The molecule has 2 aliphatic heterocycles. The van der Waals surface area contributed by atoms with Gasteiger partial charge >= 0.3 is 5.97 Å². The Morgan fingerprint density at radius 3 is 2.45 bits per heavy atom. The zero-order chi connectivity index (χ0) is 21.0. The van der Waals surface area contributed by atoms with Crippen LogP contribution in [-0.4, -0.2) is 29.7 Å². The van der Waals surface area contributed by atoms with Crippen molar-refractivity contribution in [3.63, 3.8) is 0 Å². The van der Waals surface area contributed by atoms with E-state index in [4.69, 9.17) is 9.47 Å². The maximum absolute atomic E-state index is 12.7. The standard InChI is InChI=1S/C24H32O5/c1-21(2)15-6-9-24(5)16(22(15,3)8-7-17(21)26)11-23(4)13-12-28-20(27)19(13)14(25)10-18(23)29-24/h10,13,15-16,19H,6-9,11-12H2,1-5H3/t13-,15+,16+,19+,22+,23-,24+/m1/s1. The molecule has 5 heteroatoms. The SMILES string of the molecule is CC1(C)C(=O)CC[C@@]2(C)[C@H]1CC[C@]1(C)OC3=CC(=O)[C@H]4C(=O)OC[C@H]4[C@@]3(C)C[C@@H]21. The largest absolute Gasteiger partial charge is 0.491 e. The van der Waals surface area contributed by atoms with Crippen molar-refractivity contribution >= 4 is 17.5 Å². The number of cyclic esters (lactones) is 1. The molecule has 2 saturated heterocycles. The van der Waals surface area contributed by atoms with E-state index in [2.05, 4.69) is 34.6 Å². The van der Waals surface area contributed by atoms with E-state index in [1.807, 2.05) is 0 Å². The molecule has 0 radical (unpaired) electrons. The number of hydrogen-bond donors (Lipinski definition) is 0. The summed E-state index contributed by atoms with van der Waals surface area (Å²) in [6.07, 6.45) is 5.82. The van der Waals surface area contributed by atoms with Crippen molar-refractivity contribution < 1.29 is 23.9 Å². The third kappa shape index (κ3) is 2.25. The number of rotatable bonds is 0. The fourth-order valence-corrected chi connectivity index (χ4v) is 7.91. The number of Topliss-reactive ketones (excluding diaryl/α,β-unsaturated/α-hetero) is 1. The molecule has 158 valence electrons. The molecule has 0 aromatic heterocycles. The van der Waals surface area contributed by atoms with E-state index in [0.717, 1.165) is 31.4 Å². The van der Waals surface area contributed by atoms with Crippen LogP contribution in [-0.2, 0) is 23.9 Å². The molecule has 7 atom stereocenters. The predicted octanol–water partition coefficient (Wildman–Crippen LogP) is 3.85. The summed E-state index contributed by atoms with van der Waals surface area (Å²) in [5.74, 6) is 0.322. The molecule has 0 aromatic rings. The third-order valence-electron chi connectivity index (χ3n) is 9.73. The minimum Gasteiger partial charge on any atom is -0.491 e. The second kappa shape index (κ2) is 5.53. The number of carbonyl (C=O) groups is 3. The van der Waals surface area contributed by atoms with Crippen molar-refractivity contribution in [1.29, 1.82) is 0 Å². The fourth-order valence-electron chi connectivity index (χ4n) is 7.91. The van der Waals surface area contributed by atoms with Gasteiger partial charge in [0.05, 0.1) is 6.61 Å². The molecule has 4 fully saturated rings. The van der Waals surface area contributed by atoms with Crippen LogP contribution in [0.5, 0.6) is 0 Å². The van der Waals surface area contributed by atoms with Gasteiger partial charge in [0.15, 0.2) is 5.78 Å². The van der Waals surface area contributed by atoms with Gasteiger partial charge in [-0.3, -0.25) is 14.4 Å². The highest BCUT2D eigenvalue weighted by Gasteiger charge is 2.68. The van der Waals surface area contributed by atoms with Gasteiger partial charge in [-0.2, -0.15) is 0 Å². The van der Waals surface area contributed by atoms with Crippen LogP contribution in [0.2, 0.25) is 0 Å². The van der Waals surface area contributed by atoms with Gasteiger partial charge in [0.1, 0.15) is 23.1 Å². The lowest BCUT2D eigenvalue weighted by atomic mass is 9.42. The molecule has 0 spiro atoms. The molecule has 2 heterocycles. The molecule has 0 N–H and O–H groups in total. The first-order valence-corrected chi connectivity index (χ1v) is 11.1. The number of ketones is 2. The lowest BCUT2D eigenvalue weighted by Crippen LogP contribution is -2.64. The molecule has 0 unspecified atom stereocenters. The van der Waals surface area contributed by atoms with Gasteiger partial charge in [-0.1, -0.05) is 27.7 Å². The Bertz CT molecular complexity index is 855. The van der Waals surface area contributed by atoms with Crippen molar-refractivity contribution in [2.45, 2.75) is 72.3 Å². The average molecular weight is 401 g/mol. The summed E-state index contributed by atoms with van der Waals surface area (Å²) < 4.78 is 12.0. The molecule has 5 aliphatic rings. The molecular weight excluding hydrogens is 368 g/mol. The molecule has 2 saturated carbocycles. The van der Waals surface area contributed by atoms with Crippen molar-refractivity contribution in [3.05, 3.63) is 11.8 Å². The summed E-state index contributed by atoms with van der Waals surface area (Å²) in [5.41, 5.74) is -1.04. The zero-order valence-electron chi connectivity index (χ0n) is 18.2. The van der Waals surface area contributed by atoms with Crippen LogP contribution in [0.1, 0.15) is 66.7 Å². The number of fused-ring (bicyclic) bond motifs is 6. The van der Waals surface area contributed by atoms with Gasteiger partial charge in [0.25, 0.3) is 0 Å². The Morgan fingerprint density at radius 2 is 1.72 bits per heavy atom. The molecule has 0 amide bonds. The average Bonchev–Trinajstić information content (AvgIpc) is 3.03. The van der Waals surface area contributed by atoms with E-state index >= 15 is 0 Å². The maximum atomic E-state index is 12.7. The summed E-state index contributed by atoms with van der Waals surface area (Å²) in [6.45, 7) is 11.2. The Labute approximate surface area is 172 Å². The molecular formula is C24H32O5. The highest BCUT2D eigenvalue weighted by molar-refractivity contribution is 6.07. The number of allylic oxidation sites excluding steroid dienone is 2. The van der Waals surface area contributed by atoms with Gasteiger partial charge in [-0.15, -0.1) is 0 Å². The topological polar surface area (TPSA) is 69.7 Å². The van der Waals surface area contributed by atoms with Crippen molar-refractivity contribution in [2.75, 3.05) is 6.61 Å². The fraction of sp³-hybridized carbons (Fsp3) is 0.792. The van der Waals surface area contributed by atoms with Crippen LogP contribution in [0, 0.1) is 39.9 Å². The van der Waals surface area contributed by atoms with E-state index in [9.17, 15) is 14.4 Å². The van der Waals surface area contributed by atoms with Crippen molar-refractivity contribution in [2.24, 2.45) is 39.9 Å². The highest BCUT2D eigenvalue weighted by Crippen LogP contribution is 2.68. The first kappa shape index (κ1) is 19.3. The van der Waals surface area contributed by atoms with Gasteiger partial charge in [0.2, 0.25) is 0 Å². The van der Waals surface area contributed by atoms with Crippen molar-refractivity contribution in [3.8, 4) is 0 Å². The molecule has 29 heavy (non-hydrogen) atoms. The first-order chi connectivity index (χ1) is 13.4. The molecule has 5 nitrogen and oxygen atoms in total. The van der Waals surface area contributed by atoms with E-state index in [0.29, 0.717) is 24.7 Å². The van der Waals surface area contributed by atoms with Crippen LogP contribution in [0.4, 0.5) is 0 Å². The second-order valence-electron chi connectivity index (χ2n) is 11.5. The van der Waals surface area contributed by atoms with Crippen LogP contribution >= 0.6 is 0 Å². The minimum absolute atomic E-state index is 0.000622. The van der Waals surface area contributed by atoms with Gasteiger partial charge < -0.3 is 9.47 Å². The Balaban J connectivity index is 1.59. The van der Waals surface area contributed by atoms with Gasteiger partial charge in [-0.25, -0.2) is 0 Å². The molecule has 5 rings (SSSR count). The van der Waals surface area contributed by atoms with Crippen LogP contribution in [0.25, 0.3) is 0 Å². The van der Waals surface area contributed by atoms with E-state index in [1.165, 1.54) is 0 Å². The second-order valence-corrected chi connectivity index (χ2v) is 11.5. The smallest absolute Gasteiger partial charge is 0.317 e. The van der Waals surface area contributed by atoms with Crippen molar-refractivity contribution in [1.82, 2.24) is 0 Å². The molecule has 0 aromatic carbocycles. The lowest BCUT2D eigenvalue weighted by molar-refractivity contribution is -0.222. The minimum atomic E-state index is -0.687. The quantitative estimate of drug-likeness (QED) is 0.456. The van der Waals surface area contributed by atoms with E-state index in [1.54, 1.807) is 6.08 Å². The summed E-state index contributed by atoms with van der Waals surface area (Å²) in [6, 6.07) is 0. The summed E-state index contributed by atoms with van der Waals surface area (Å²) in [4.78, 5) is 37.6. The Hall–Kier alpha value is -1.65. The zero-order valence-corrected chi connectivity index (χ0v) is 18.2. The first-order valence-electron chi connectivity index (χ1n) is 11.1. The summed E-state index contributed by atoms with van der Waals surface area (Å²) in [5, 5.41) is 0. The van der Waals surface area contributed by atoms with Crippen LogP contribution in [0.3, 0.4) is 0 Å². The molecule has 0 bridgehead atoms. The highest BCUT2D eigenvalue weighted by atomic mass is 16.5. The van der Waals surface area contributed by atoms with E-state index < -0.39 is 5.92 Å². The third-order valence-corrected chi connectivity index (χ3v) is 9.73. The Morgan fingerprint density at radius 1 is 1.00 bits per heavy atom. The van der Waals surface area contributed by atoms with Gasteiger partial charge in [-0.05, 0) is 43.9 Å².